The summed E-state index contributed by atoms with van der Waals surface area (Å²) in [6.07, 6.45) is 1.65. The third kappa shape index (κ3) is 3.25. The topological polar surface area (TPSA) is 58.9 Å². The Morgan fingerprint density at radius 1 is 1.36 bits per heavy atom. The number of ketones is 1. The molecular weight excluding hydrogens is 296 g/mol. The number of aromatic nitrogens is 2. The lowest BCUT2D eigenvalue weighted by Gasteiger charge is -2.00. The molecular formula is C17H18N2O2S. The number of carbonyl (C=O) groups is 1. The molecule has 0 saturated heterocycles. The molecule has 0 fully saturated rings. The molecule has 0 amide bonds. The van der Waals surface area contributed by atoms with Crippen molar-refractivity contribution < 1.29 is 9.21 Å². The molecule has 5 heteroatoms. The SMILES string of the molecule is CC(C)c1nc2ccc(C(=O)CSCc3ccco3)cc2[nH]1. The molecule has 114 valence electrons. The van der Waals surface area contributed by atoms with E-state index in [4.69, 9.17) is 4.42 Å². The van der Waals surface area contributed by atoms with Crippen molar-refractivity contribution in [3.8, 4) is 0 Å². The first-order chi connectivity index (χ1) is 10.6. The van der Waals surface area contributed by atoms with E-state index in [-0.39, 0.29) is 5.78 Å². The fourth-order valence-corrected chi connectivity index (χ4v) is 3.02. The zero-order valence-electron chi connectivity index (χ0n) is 12.6. The van der Waals surface area contributed by atoms with Gasteiger partial charge in [0.05, 0.1) is 28.8 Å². The Bertz CT molecular complexity index is 775. The maximum absolute atomic E-state index is 12.3. The largest absolute Gasteiger partial charge is 0.468 e. The highest BCUT2D eigenvalue weighted by Gasteiger charge is 2.11. The number of Topliss-reactive ketones (excluding diaryl/α,β-unsaturated/α-hetero) is 1. The van der Waals surface area contributed by atoms with E-state index < -0.39 is 0 Å². The Morgan fingerprint density at radius 3 is 2.95 bits per heavy atom. The van der Waals surface area contributed by atoms with Crippen LogP contribution >= 0.6 is 11.8 Å². The van der Waals surface area contributed by atoms with E-state index >= 15 is 0 Å². The first kappa shape index (κ1) is 14.9. The minimum absolute atomic E-state index is 0.124. The predicted molar refractivity (Wildman–Crippen MR) is 89.4 cm³/mol. The number of hydrogen-bond donors (Lipinski definition) is 1. The third-order valence-corrected chi connectivity index (χ3v) is 4.38. The Hall–Kier alpha value is -2.01. The van der Waals surface area contributed by atoms with E-state index in [0.717, 1.165) is 28.2 Å². The fourth-order valence-electron chi connectivity index (χ4n) is 2.20. The van der Waals surface area contributed by atoms with Gasteiger partial charge in [-0.3, -0.25) is 4.79 Å². The van der Waals surface area contributed by atoms with E-state index in [1.807, 2.05) is 30.3 Å². The van der Waals surface area contributed by atoms with Crippen LogP contribution in [0.15, 0.2) is 41.0 Å². The van der Waals surface area contributed by atoms with Crippen LogP contribution in [0.25, 0.3) is 11.0 Å². The van der Waals surface area contributed by atoms with Gasteiger partial charge in [0.25, 0.3) is 0 Å². The monoisotopic (exact) mass is 314 g/mol. The number of H-pyrrole nitrogens is 1. The molecule has 1 N–H and O–H groups in total. The van der Waals surface area contributed by atoms with Gasteiger partial charge in [-0.25, -0.2) is 4.98 Å². The number of fused-ring (bicyclic) bond motifs is 1. The van der Waals surface area contributed by atoms with Crippen molar-refractivity contribution >= 4 is 28.6 Å². The van der Waals surface area contributed by atoms with Crippen LogP contribution in [0.3, 0.4) is 0 Å². The van der Waals surface area contributed by atoms with Gasteiger partial charge in [-0.2, -0.15) is 0 Å². The maximum atomic E-state index is 12.3. The van der Waals surface area contributed by atoms with Crippen molar-refractivity contribution in [2.75, 3.05) is 5.75 Å². The molecule has 0 saturated carbocycles. The number of hydrogen-bond acceptors (Lipinski definition) is 4. The number of nitrogens with one attached hydrogen (secondary N) is 1. The highest BCUT2D eigenvalue weighted by Crippen LogP contribution is 2.20. The third-order valence-electron chi connectivity index (χ3n) is 3.43. The second-order valence-electron chi connectivity index (χ2n) is 5.50. The van der Waals surface area contributed by atoms with Crippen molar-refractivity contribution in [1.29, 1.82) is 0 Å². The smallest absolute Gasteiger partial charge is 0.172 e. The lowest BCUT2D eigenvalue weighted by Crippen LogP contribution is -2.02. The standard InChI is InChI=1S/C17H18N2O2S/c1-11(2)17-18-14-6-5-12(8-15(14)19-17)16(20)10-22-9-13-4-3-7-21-13/h3-8,11H,9-10H2,1-2H3,(H,18,19). The Labute approximate surface area is 133 Å². The summed E-state index contributed by atoms with van der Waals surface area (Å²) in [5.74, 6) is 3.46. The first-order valence-corrected chi connectivity index (χ1v) is 8.42. The van der Waals surface area contributed by atoms with E-state index in [0.29, 0.717) is 17.4 Å². The molecule has 0 aliphatic rings. The van der Waals surface area contributed by atoms with E-state index in [9.17, 15) is 4.79 Å². The fraction of sp³-hybridized carbons (Fsp3) is 0.294. The summed E-state index contributed by atoms with van der Waals surface area (Å²) in [6, 6.07) is 9.42. The molecule has 0 spiro atoms. The number of benzene rings is 1. The Morgan fingerprint density at radius 2 is 2.23 bits per heavy atom. The number of rotatable bonds is 6. The summed E-state index contributed by atoms with van der Waals surface area (Å²) < 4.78 is 5.26. The maximum Gasteiger partial charge on any atom is 0.172 e. The van der Waals surface area contributed by atoms with Gasteiger partial charge in [0, 0.05) is 11.5 Å². The Kier molecular flexibility index (Phi) is 4.34. The molecule has 2 aromatic heterocycles. The molecule has 22 heavy (non-hydrogen) atoms. The average molecular weight is 314 g/mol. The molecule has 1 aromatic carbocycles. The summed E-state index contributed by atoms with van der Waals surface area (Å²) in [7, 11) is 0. The van der Waals surface area contributed by atoms with Gasteiger partial charge in [-0.15, -0.1) is 11.8 Å². The van der Waals surface area contributed by atoms with Gasteiger partial charge in [-0.05, 0) is 30.3 Å². The lowest BCUT2D eigenvalue weighted by molar-refractivity contribution is 0.102. The van der Waals surface area contributed by atoms with Crippen molar-refractivity contribution in [1.82, 2.24) is 9.97 Å². The molecule has 4 nitrogen and oxygen atoms in total. The molecule has 0 bridgehead atoms. The Balaban J connectivity index is 1.68. The van der Waals surface area contributed by atoms with Crippen LogP contribution in [0.2, 0.25) is 0 Å². The predicted octanol–water partition coefficient (Wildman–Crippen LogP) is 4.40. The second kappa shape index (κ2) is 6.40. The van der Waals surface area contributed by atoms with Crippen molar-refractivity contribution in [3.05, 3.63) is 53.7 Å². The molecule has 0 unspecified atom stereocenters. The summed E-state index contributed by atoms with van der Waals surface area (Å²) in [5, 5.41) is 0. The molecule has 0 aliphatic carbocycles. The minimum Gasteiger partial charge on any atom is -0.468 e. The normalized spacial score (nSPS) is 11.4. The molecule has 0 atom stereocenters. The van der Waals surface area contributed by atoms with Gasteiger partial charge >= 0.3 is 0 Å². The highest BCUT2D eigenvalue weighted by atomic mass is 32.2. The van der Waals surface area contributed by atoms with Crippen LogP contribution in [0, 0.1) is 0 Å². The summed E-state index contributed by atoms with van der Waals surface area (Å²) >= 11 is 1.56. The van der Waals surface area contributed by atoms with Gasteiger partial charge in [0.15, 0.2) is 5.78 Å². The summed E-state index contributed by atoms with van der Waals surface area (Å²) in [6.45, 7) is 4.18. The summed E-state index contributed by atoms with van der Waals surface area (Å²) in [5.41, 5.74) is 2.55. The van der Waals surface area contributed by atoms with Crippen LogP contribution in [-0.2, 0) is 5.75 Å². The molecule has 2 heterocycles. The number of imidazole rings is 1. The van der Waals surface area contributed by atoms with Crippen molar-refractivity contribution in [2.45, 2.75) is 25.5 Å². The van der Waals surface area contributed by atoms with Gasteiger partial charge in [0.1, 0.15) is 11.6 Å². The number of thioether (sulfide) groups is 1. The highest BCUT2D eigenvalue weighted by molar-refractivity contribution is 7.99. The molecule has 0 radical (unpaired) electrons. The molecule has 3 aromatic rings. The van der Waals surface area contributed by atoms with Crippen LogP contribution in [0.5, 0.6) is 0 Å². The first-order valence-electron chi connectivity index (χ1n) is 7.26. The van der Waals surface area contributed by atoms with E-state index in [1.165, 1.54) is 0 Å². The van der Waals surface area contributed by atoms with Crippen LogP contribution in [0.1, 0.15) is 41.7 Å². The lowest BCUT2D eigenvalue weighted by atomic mass is 10.1. The van der Waals surface area contributed by atoms with Crippen LogP contribution < -0.4 is 0 Å². The number of nitrogens with zero attached hydrogens (tertiary/aromatic N) is 1. The van der Waals surface area contributed by atoms with Gasteiger partial charge in [-0.1, -0.05) is 13.8 Å². The van der Waals surface area contributed by atoms with Crippen molar-refractivity contribution in [3.63, 3.8) is 0 Å². The average Bonchev–Trinajstić information content (AvgIpc) is 3.15. The molecule has 3 rings (SSSR count). The van der Waals surface area contributed by atoms with Crippen LogP contribution in [0.4, 0.5) is 0 Å². The zero-order chi connectivity index (χ0) is 15.5. The zero-order valence-corrected chi connectivity index (χ0v) is 13.4. The van der Waals surface area contributed by atoms with Crippen molar-refractivity contribution in [2.24, 2.45) is 0 Å². The number of carbonyl (C=O) groups excluding carboxylic acids is 1. The second-order valence-corrected chi connectivity index (χ2v) is 6.49. The number of aromatic amines is 1. The van der Waals surface area contributed by atoms with E-state index in [1.54, 1.807) is 18.0 Å². The van der Waals surface area contributed by atoms with E-state index in [2.05, 4.69) is 23.8 Å². The summed E-state index contributed by atoms with van der Waals surface area (Å²) in [4.78, 5) is 20.1. The van der Waals surface area contributed by atoms with Gasteiger partial charge < -0.3 is 9.40 Å². The quantitative estimate of drug-likeness (QED) is 0.685. The minimum atomic E-state index is 0.124. The van der Waals surface area contributed by atoms with Crippen LogP contribution in [-0.4, -0.2) is 21.5 Å². The number of furan rings is 1. The molecule has 0 aliphatic heterocycles. The van der Waals surface area contributed by atoms with Gasteiger partial charge in [0.2, 0.25) is 0 Å².